The maximum atomic E-state index is 11.4. The van der Waals surface area contributed by atoms with Crippen molar-refractivity contribution < 1.29 is 4.79 Å². The van der Waals surface area contributed by atoms with Gasteiger partial charge in [0, 0.05) is 6.54 Å². The van der Waals surface area contributed by atoms with Crippen LogP contribution in [0.1, 0.15) is 36.7 Å². The zero-order chi connectivity index (χ0) is 12.0. The van der Waals surface area contributed by atoms with Crippen molar-refractivity contribution in [3.63, 3.8) is 0 Å². The van der Waals surface area contributed by atoms with Gasteiger partial charge in [-0.05, 0) is 6.42 Å². The average molecular weight is 226 g/mol. The number of hydrogen-bond donors (Lipinski definition) is 3. The van der Waals surface area contributed by atoms with Crippen molar-refractivity contribution in [3.8, 4) is 0 Å². The highest BCUT2D eigenvalue weighted by Crippen LogP contribution is 1.91. The number of aromatic nitrogens is 3. The van der Waals surface area contributed by atoms with E-state index < -0.39 is 17.2 Å². The van der Waals surface area contributed by atoms with Crippen LogP contribution < -0.4 is 16.6 Å². The number of unbranched alkanes of at least 4 members (excludes halogenated alkanes) is 2. The zero-order valence-electron chi connectivity index (χ0n) is 9.00. The normalized spacial score (nSPS) is 10.1. The molecule has 0 aliphatic carbocycles. The second kappa shape index (κ2) is 5.84. The summed E-state index contributed by atoms with van der Waals surface area (Å²) in [4.78, 5) is 35.2. The van der Waals surface area contributed by atoms with Gasteiger partial charge in [-0.15, -0.1) is 0 Å². The molecule has 0 radical (unpaired) electrons. The molecule has 0 aliphatic heterocycles. The highest BCUT2D eigenvalue weighted by atomic mass is 16.2. The van der Waals surface area contributed by atoms with Crippen molar-refractivity contribution in [1.29, 1.82) is 0 Å². The number of carbonyl (C=O) groups is 1. The summed E-state index contributed by atoms with van der Waals surface area (Å²) in [5.74, 6) is -0.575. The number of carbonyl (C=O) groups excluding carboxylic acids is 1. The van der Waals surface area contributed by atoms with Gasteiger partial charge in [0.2, 0.25) is 5.69 Å². The van der Waals surface area contributed by atoms with E-state index in [0.29, 0.717) is 6.54 Å². The Morgan fingerprint density at radius 2 is 2.12 bits per heavy atom. The molecule has 7 heteroatoms. The second-order valence-electron chi connectivity index (χ2n) is 3.32. The maximum absolute atomic E-state index is 11.4. The van der Waals surface area contributed by atoms with Crippen LogP contribution in [0.15, 0.2) is 9.59 Å². The summed E-state index contributed by atoms with van der Waals surface area (Å²) in [5, 5.41) is 7.94. The molecule has 88 valence electrons. The predicted molar refractivity (Wildman–Crippen MR) is 57.3 cm³/mol. The molecular weight excluding hydrogens is 212 g/mol. The van der Waals surface area contributed by atoms with E-state index in [1.54, 1.807) is 0 Å². The van der Waals surface area contributed by atoms with Gasteiger partial charge in [-0.2, -0.15) is 5.10 Å². The van der Waals surface area contributed by atoms with Crippen LogP contribution in [0.4, 0.5) is 0 Å². The minimum Gasteiger partial charge on any atom is -0.350 e. The number of nitrogens with zero attached hydrogens (tertiary/aromatic N) is 1. The van der Waals surface area contributed by atoms with E-state index in [9.17, 15) is 14.4 Å². The van der Waals surface area contributed by atoms with Crippen LogP contribution in [0.3, 0.4) is 0 Å². The van der Waals surface area contributed by atoms with Crippen molar-refractivity contribution in [2.24, 2.45) is 0 Å². The average Bonchev–Trinajstić information content (AvgIpc) is 2.24. The summed E-state index contributed by atoms with van der Waals surface area (Å²) in [6, 6.07) is 0. The first-order valence-electron chi connectivity index (χ1n) is 5.12. The lowest BCUT2D eigenvalue weighted by Gasteiger charge is -2.02. The largest absolute Gasteiger partial charge is 0.350 e. The molecule has 1 aromatic rings. The van der Waals surface area contributed by atoms with E-state index in [-0.39, 0.29) is 5.69 Å². The summed E-state index contributed by atoms with van der Waals surface area (Å²) in [6.45, 7) is 2.54. The van der Waals surface area contributed by atoms with Gasteiger partial charge in [-0.1, -0.05) is 19.8 Å². The standard InChI is InChI=1S/C9H14N4O3/c1-2-3-4-5-10-7(14)6-8(15)11-9(16)13-12-6/h2-5H2,1H3,(H,10,14)(H2,11,13,15,16). The lowest BCUT2D eigenvalue weighted by molar-refractivity contribution is 0.0945. The number of rotatable bonds is 5. The minimum absolute atomic E-state index is 0.323. The fourth-order valence-corrected chi connectivity index (χ4v) is 1.16. The third-order valence-corrected chi connectivity index (χ3v) is 1.99. The van der Waals surface area contributed by atoms with Crippen molar-refractivity contribution >= 4 is 5.91 Å². The van der Waals surface area contributed by atoms with E-state index in [4.69, 9.17) is 0 Å². The third-order valence-electron chi connectivity index (χ3n) is 1.99. The summed E-state index contributed by atoms with van der Waals surface area (Å²) in [5.41, 5.74) is -1.83. The Kier molecular flexibility index (Phi) is 4.43. The Hall–Kier alpha value is -1.92. The SMILES string of the molecule is CCCCCNC(=O)c1n[nH]c(=O)[nH]c1=O. The van der Waals surface area contributed by atoms with Crippen LogP contribution in [-0.4, -0.2) is 27.6 Å². The molecule has 0 spiro atoms. The monoisotopic (exact) mass is 226 g/mol. The number of H-pyrrole nitrogens is 2. The zero-order valence-corrected chi connectivity index (χ0v) is 9.00. The first-order valence-corrected chi connectivity index (χ1v) is 5.12. The van der Waals surface area contributed by atoms with Gasteiger partial charge in [-0.25, -0.2) is 9.89 Å². The smallest absolute Gasteiger partial charge is 0.342 e. The highest BCUT2D eigenvalue weighted by Gasteiger charge is 2.11. The highest BCUT2D eigenvalue weighted by molar-refractivity contribution is 5.91. The van der Waals surface area contributed by atoms with Gasteiger partial charge >= 0.3 is 5.69 Å². The van der Waals surface area contributed by atoms with E-state index in [1.807, 2.05) is 10.1 Å². The second-order valence-corrected chi connectivity index (χ2v) is 3.32. The van der Waals surface area contributed by atoms with E-state index in [1.165, 1.54) is 0 Å². The fraction of sp³-hybridized carbons (Fsp3) is 0.556. The number of aromatic amines is 2. The van der Waals surface area contributed by atoms with E-state index in [0.717, 1.165) is 19.3 Å². The topological polar surface area (TPSA) is 108 Å². The van der Waals surface area contributed by atoms with Crippen molar-refractivity contribution in [3.05, 3.63) is 26.5 Å². The van der Waals surface area contributed by atoms with Crippen molar-refractivity contribution in [2.45, 2.75) is 26.2 Å². The molecule has 0 bridgehead atoms. The summed E-state index contributed by atoms with van der Waals surface area (Å²) >= 11 is 0. The maximum Gasteiger partial charge on any atom is 0.342 e. The minimum atomic E-state index is -0.781. The van der Waals surface area contributed by atoms with Gasteiger partial charge in [0.25, 0.3) is 11.5 Å². The predicted octanol–water partition coefficient (Wildman–Crippen LogP) is -0.622. The van der Waals surface area contributed by atoms with Crippen molar-refractivity contribution in [1.82, 2.24) is 20.5 Å². The van der Waals surface area contributed by atoms with Gasteiger partial charge in [0.1, 0.15) is 0 Å². The molecule has 1 heterocycles. The molecule has 0 atom stereocenters. The lowest BCUT2D eigenvalue weighted by Crippen LogP contribution is -2.35. The van der Waals surface area contributed by atoms with Crippen LogP contribution in [0, 0.1) is 0 Å². The molecule has 16 heavy (non-hydrogen) atoms. The first kappa shape index (κ1) is 12.2. The van der Waals surface area contributed by atoms with E-state index >= 15 is 0 Å². The molecule has 0 unspecified atom stereocenters. The van der Waals surface area contributed by atoms with Gasteiger partial charge in [0.05, 0.1) is 0 Å². The van der Waals surface area contributed by atoms with Gasteiger partial charge < -0.3 is 5.32 Å². The Balaban J connectivity index is 2.60. The molecule has 1 amide bonds. The van der Waals surface area contributed by atoms with Crippen LogP contribution in [0.25, 0.3) is 0 Å². The molecule has 1 rings (SSSR count). The number of amides is 1. The van der Waals surface area contributed by atoms with Crippen LogP contribution in [0.5, 0.6) is 0 Å². The quantitative estimate of drug-likeness (QED) is 0.581. The Morgan fingerprint density at radius 3 is 2.75 bits per heavy atom. The van der Waals surface area contributed by atoms with Gasteiger partial charge in [0.15, 0.2) is 0 Å². The molecule has 0 aliphatic rings. The van der Waals surface area contributed by atoms with Crippen LogP contribution in [-0.2, 0) is 0 Å². The van der Waals surface area contributed by atoms with E-state index in [2.05, 4.69) is 17.3 Å². The fourth-order valence-electron chi connectivity index (χ4n) is 1.16. The van der Waals surface area contributed by atoms with Crippen LogP contribution in [0.2, 0.25) is 0 Å². The molecule has 0 aromatic carbocycles. The molecule has 1 aromatic heterocycles. The van der Waals surface area contributed by atoms with Crippen molar-refractivity contribution in [2.75, 3.05) is 6.54 Å². The summed E-state index contributed by atoms with van der Waals surface area (Å²) < 4.78 is 0. The summed E-state index contributed by atoms with van der Waals surface area (Å²) in [6.07, 6.45) is 2.91. The Bertz CT molecular complexity index is 462. The number of hydrogen-bond acceptors (Lipinski definition) is 4. The molecule has 0 saturated heterocycles. The molecule has 0 saturated carbocycles. The Labute approximate surface area is 91.3 Å². The van der Waals surface area contributed by atoms with Gasteiger partial charge in [-0.3, -0.25) is 14.6 Å². The first-order chi connectivity index (χ1) is 7.65. The summed E-state index contributed by atoms with van der Waals surface area (Å²) in [7, 11) is 0. The Morgan fingerprint density at radius 1 is 1.38 bits per heavy atom. The number of nitrogens with one attached hydrogen (secondary N) is 3. The molecule has 0 fully saturated rings. The molecule has 3 N–H and O–H groups in total. The van der Waals surface area contributed by atoms with Crippen LogP contribution >= 0.6 is 0 Å². The third kappa shape index (κ3) is 3.34. The molecular formula is C9H14N4O3. The molecule has 7 nitrogen and oxygen atoms in total. The lowest BCUT2D eigenvalue weighted by atomic mass is 10.2.